The Morgan fingerprint density at radius 3 is 2.65 bits per heavy atom. The van der Waals surface area contributed by atoms with Crippen molar-refractivity contribution in [3.05, 3.63) is 35.4 Å². The fraction of sp³-hybridized carbons (Fsp3) is 0.600. The molecule has 2 rings (SSSR count). The van der Waals surface area contributed by atoms with Gasteiger partial charge in [0.2, 0.25) is 11.8 Å². The van der Waals surface area contributed by atoms with Crippen LogP contribution in [0.25, 0.3) is 0 Å². The van der Waals surface area contributed by atoms with Crippen molar-refractivity contribution in [2.75, 3.05) is 26.2 Å². The number of hydrogen-bond acceptors (Lipinski definition) is 4. The number of hydrogen-bond donors (Lipinski definition) is 2. The molecule has 1 fully saturated rings. The number of carbonyl (C=O) groups is 2. The van der Waals surface area contributed by atoms with Crippen LogP contribution >= 0.6 is 0 Å². The minimum absolute atomic E-state index is 0.0376. The summed E-state index contributed by atoms with van der Waals surface area (Å²) < 4.78 is 0. The molecule has 0 saturated carbocycles. The first-order valence-electron chi connectivity index (χ1n) is 9.40. The minimum atomic E-state index is -0.451. The van der Waals surface area contributed by atoms with E-state index >= 15 is 0 Å². The van der Waals surface area contributed by atoms with Gasteiger partial charge in [-0.15, -0.1) is 0 Å². The number of aliphatic hydroxyl groups excluding tert-OH is 1. The van der Waals surface area contributed by atoms with E-state index in [4.69, 9.17) is 5.11 Å². The van der Waals surface area contributed by atoms with Gasteiger partial charge in [0.15, 0.2) is 0 Å². The molecule has 1 aromatic rings. The number of nitrogens with one attached hydrogen (secondary N) is 1. The highest BCUT2D eigenvalue weighted by atomic mass is 16.3. The molecule has 1 aliphatic heterocycles. The topological polar surface area (TPSA) is 72.9 Å². The molecule has 6 heteroatoms. The highest BCUT2D eigenvalue weighted by Crippen LogP contribution is 2.16. The Bertz CT molecular complexity index is 601. The van der Waals surface area contributed by atoms with E-state index < -0.39 is 6.04 Å². The van der Waals surface area contributed by atoms with Crippen molar-refractivity contribution in [3.63, 3.8) is 0 Å². The second-order valence-electron chi connectivity index (χ2n) is 7.23. The van der Waals surface area contributed by atoms with Gasteiger partial charge in [-0.05, 0) is 32.8 Å². The summed E-state index contributed by atoms with van der Waals surface area (Å²) in [5.41, 5.74) is 2.34. The molecule has 2 amide bonds. The van der Waals surface area contributed by atoms with Gasteiger partial charge in [0.1, 0.15) is 0 Å². The largest absolute Gasteiger partial charge is 0.396 e. The summed E-state index contributed by atoms with van der Waals surface area (Å²) in [7, 11) is 0. The molecule has 0 spiro atoms. The third kappa shape index (κ3) is 5.54. The quantitative estimate of drug-likeness (QED) is 0.732. The Balaban J connectivity index is 2.07. The molecule has 0 aliphatic carbocycles. The van der Waals surface area contributed by atoms with Gasteiger partial charge >= 0.3 is 0 Å². The lowest BCUT2D eigenvalue weighted by Crippen LogP contribution is -2.56. The van der Waals surface area contributed by atoms with E-state index in [1.165, 1.54) is 5.56 Å². The zero-order chi connectivity index (χ0) is 19.1. The average molecular weight is 361 g/mol. The van der Waals surface area contributed by atoms with Crippen molar-refractivity contribution >= 4 is 11.8 Å². The number of benzene rings is 1. The van der Waals surface area contributed by atoms with Gasteiger partial charge < -0.3 is 15.3 Å². The molecule has 1 heterocycles. The molecular weight excluding hydrogens is 330 g/mol. The molecule has 26 heavy (non-hydrogen) atoms. The van der Waals surface area contributed by atoms with Crippen molar-refractivity contribution in [1.29, 1.82) is 0 Å². The lowest BCUT2D eigenvalue weighted by molar-refractivity contribution is -0.140. The van der Waals surface area contributed by atoms with Crippen LogP contribution in [0.3, 0.4) is 0 Å². The van der Waals surface area contributed by atoms with Crippen molar-refractivity contribution in [2.45, 2.75) is 52.2 Å². The summed E-state index contributed by atoms with van der Waals surface area (Å²) in [4.78, 5) is 29.1. The third-order valence-electron chi connectivity index (χ3n) is 4.82. The molecule has 0 radical (unpaired) electrons. The summed E-state index contributed by atoms with van der Waals surface area (Å²) in [6.07, 6.45) is 0.717. The third-order valence-corrected chi connectivity index (χ3v) is 4.82. The van der Waals surface area contributed by atoms with Crippen LogP contribution in [0.1, 0.15) is 37.8 Å². The van der Waals surface area contributed by atoms with E-state index in [-0.39, 0.29) is 30.9 Å². The van der Waals surface area contributed by atoms with Crippen LogP contribution in [0.2, 0.25) is 0 Å². The second-order valence-corrected chi connectivity index (χ2v) is 7.23. The maximum Gasteiger partial charge on any atom is 0.237 e. The zero-order valence-electron chi connectivity index (χ0n) is 16.1. The highest BCUT2D eigenvalue weighted by molar-refractivity contribution is 5.89. The fourth-order valence-electron chi connectivity index (χ4n) is 3.30. The van der Waals surface area contributed by atoms with Crippen molar-refractivity contribution in [2.24, 2.45) is 0 Å². The van der Waals surface area contributed by atoms with E-state index in [1.807, 2.05) is 20.8 Å². The van der Waals surface area contributed by atoms with Crippen LogP contribution < -0.4 is 5.32 Å². The molecule has 144 valence electrons. The molecule has 1 saturated heterocycles. The average Bonchev–Trinajstić information content (AvgIpc) is 2.60. The second kappa shape index (κ2) is 9.69. The van der Waals surface area contributed by atoms with E-state index in [0.717, 1.165) is 12.1 Å². The molecular formula is C20H31N3O3. The molecule has 2 N–H and O–H groups in total. The Kier molecular flexibility index (Phi) is 7.60. The van der Waals surface area contributed by atoms with E-state index in [9.17, 15) is 9.59 Å². The van der Waals surface area contributed by atoms with Crippen LogP contribution in [0, 0.1) is 6.92 Å². The van der Waals surface area contributed by atoms with E-state index in [2.05, 4.69) is 34.5 Å². The maximum atomic E-state index is 12.8. The molecule has 1 atom stereocenters. The van der Waals surface area contributed by atoms with E-state index in [0.29, 0.717) is 26.1 Å². The smallest absolute Gasteiger partial charge is 0.237 e. The number of amides is 2. The summed E-state index contributed by atoms with van der Waals surface area (Å²) >= 11 is 0. The van der Waals surface area contributed by atoms with Gasteiger partial charge in [0, 0.05) is 38.8 Å². The van der Waals surface area contributed by atoms with Gasteiger partial charge in [-0.2, -0.15) is 0 Å². The number of aliphatic hydroxyl groups is 1. The molecule has 0 aromatic heterocycles. The highest BCUT2D eigenvalue weighted by Gasteiger charge is 2.33. The maximum absolute atomic E-state index is 12.8. The summed E-state index contributed by atoms with van der Waals surface area (Å²) in [5, 5.41) is 11.9. The lowest BCUT2D eigenvalue weighted by Gasteiger charge is -2.36. The number of piperazine rings is 1. The lowest BCUT2D eigenvalue weighted by atomic mass is 10.0. The predicted octanol–water partition coefficient (Wildman–Crippen LogP) is 1.30. The molecule has 6 nitrogen and oxygen atoms in total. The van der Waals surface area contributed by atoms with Gasteiger partial charge in [-0.3, -0.25) is 14.5 Å². The number of aryl methyl sites for hydroxylation is 1. The number of carbonyl (C=O) groups excluding carboxylic acids is 2. The number of nitrogens with zero attached hydrogens (tertiary/aromatic N) is 2. The Labute approximate surface area is 156 Å². The van der Waals surface area contributed by atoms with E-state index in [1.54, 1.807) is 4.90 Å². The standard InChI is InChI=1S/C20H31N3O3/c1-15(2)23(10-4-12-24)19(25)13-18-20(26)21-9-11-22(18)14-17-7-5-16(3)6-8-17/h5-8,15,18,24H,4,9-14H2,1-3H3,(H,21,26)/t18-/m0/s1. The Morgan fingerprint density at radius 1 is 1.35 bits per heavy atom. The van der Waals surface area contributed by atoms with Crippen LogP contribution in [0.5, 0.6) is 0 Å². The van der Waals surface area contributed by atoms with Gasteiger partial charge in [0.05, 0.1) is 12.5 Å². The number of rotatable bonds is 8. The molecule has 1 aliphatic rings. The zero-order valence-corrected chi connectivity index (χ0v) is 16.1. The first-order valence-corrected chi connectivity index (χ1v) is 9.40. The minimum Gasteiger partial charge on any atom is -0.396 e. The van der Waals surface area contributed by atoms with Gasteiger partial charge in [-0.25, -0.2) is 0 Å². The summed E-state index contributed by atoms with van der Waals surface area (Å²) in [6.45, 7) is 8.53. The van der Waals surface area contributed by atoms with Crippen LogP contribution in [-0.4, -0.2) is 65.0 Å². The summed E-state index contributed by atoms with van der Waals surface area (Å²) in [5.74, 6) is -0.119. The van der Waals surface area contributed by atoms with Gasteiger partial charge in [0.25, 0.3) is 0 Å². The molecule has 1 aromatic carbocycles. The van der Waals surface area contributed by atoms with Crippen molar-refractivity contribution < 1.29 is 14.7 Å². The molecule has 0 bridgehead atoms. The fourth-order valence-corrected chi connectivity index (χ4v) is 3.30. The summed E-state index contributed by atoms with van der Waals surface area (Å²) in [6, 6.07) is 7.87. The first-order chi connectivity index (χ1) is 12.4. The predicted molar refractivity (Wildman–Crippen MR) is 102 cm³/mol. The Morgan fingerprint density at radius 2 is 2.04 bits per heavy atom. The SMILES string of the molecule is Cc1ccc(CN2CCNC(=O)[C@@H]2CC(=O)N(CCCO)C(C)C)cc1. The van der Waals surface area contributed by atoms with Crippen LogP contribution in [-0.2, 0) is 16.1 Å². The van der Waals surface area contributed by atoms with Crippen molar-refractivity contribution in [1.82, 2.24) is 15.1 Å². The normalized spacial score (nSPS) is 18.0. The van der Waals surface area contributed by atoms with Gasteiger partial charge in [-0.1, -0.05) is 29.8 Å². The van der Waals surface area contributed by atoms with Crippen molar-refractivity contribution in [3.8, 4) is 0 Å². The monoisotopic (exact) mass is 361 g/mol. The van der Waals surface area contributed by atoms with Crippen LogP contribution in [0.4, 0.5) is 0 Å². The Hall–Kier alpha value is -1.92. The van der Waals surface area contributed by atoms with Crippen LogP contribution in [0.15, 0.2) is 24.3 Å². The first kappa shape index (κ1) is 20.4. The molecule has 0 unspecified atom stereocenters.